The van der Waals surface area contributed by atoms with Crippen molar-refractivity contribution in [2.24, 2.45) is 0 Å². The van der Waals surface area contributed by atoms with E-state index in [2.05, 4.69) is 33.4 Å². The van der Waals surface area contributed by atoms with Crippen LogP contribution in [-0.4, -0.2) is 65.3 Å². The van der Waals surface area contributed by atoms with Gasteiger partial charge in [0, 0.05) is 60.3 Å². The summed E-state index contributed by atoms with van der Waals surface area (Å²) < 4.78 is 5.44. The van der Waals surface area contributed by atoms with Gasteiger partial charge in [0.1, 0.15) is 5.75 Å². The van der Waals surface area contributed by atoms with E-state index in [1.165, 1.54) is 11.1 Å². The van der Waals surface area contributed by atoms with E-state index < -0.39 is 0 Å². The number of amides is 2. The van der Waals surface area contributed by atoms with Gasteiger partial charge in [-0.2, -0.15) is 0 Å². The summed E-state index contributed by atoms with van der Waals surface area (Å²) in [5.74, 6) is 0.795. The standard InChI is InChI=1S/C26H32N4O3/c1-17(2)27-25(32)30-15-26(16-30)14-29(12-18-7-5-4-6-8-18)22(13-31)24-23(26)20-10-9-19(33-3)11-21(20)28-24/h4-11,17,22,28,31H,12-16H2,1-3H3,(H,27,32)/t22-/m1/s1. The number of likely N-dealkylation sites (tertiary alicyclic amines) is 1. The highest BCUT2D eigenvalue weighted by atomic mass is 16.5. The summed E-state index contributed by atoms with van der Waals surface area (Å²) in [6, 6.07) is 16.4. The molecule has 1 atom stereocenters. The number of ether oxygens (including phenoxy) is 1. The Morgan fingerprint density at radius 1 is 1.21 bits per heavy atom. The molecule has 1 fully saturated rings. The van der Waals surface area contributed by atoms with Crippen molar-refractivity contribution in [2.45, 2.75) is 37.9 Å². The number of aromatic amines is 1. The fourth-order valence-corrected chi connectivity index (χ4v) is 5.52. The third kappa shape index (κ3) is 3.75. The number of benzene rings is 2. The Morgan fingerprint density at radius 3 is 2.64 bits per heavy atom. The molecule has 174 valence electrons. The third-order valence-electron chi connectivity index (χ3n) is 6.93. The summed E-state index contributed by atoms with van der Waals surface area (Å²) in [4.78, 5) is 20.5. The number of nitrogens with zero attached hydrogens (tertiary/aromatic N) is 2. The number of nitrogens with one attached hydrogen (secondary N) is 2. The number of urea groups is 1. The van der Waals surface area contributed by atoms with Crippen LogP contribution in [0, 0.1) is 0 Å². The number of carbonyl (C=O) groups excluding carboxylic acids is 1. The lowest BCUT2D eigenvalue weighted by Gasteiger charge is -2.56. The molecule has 3 N–H and O–H groups in total. The molecule has 1 aromatic heterocycles. The first-order chi connectivity index (χ1) is 15.9. The minimum atomic E-state index is -0.184. The second-order valence-corrected chi connectivity index (χ2v) is 9.65. The van der Waals surface area contributed by atoms with Gasteiger partial charge >= 0.3 is 6.03 Å². The van der Waals surface area contributed by atoms with Crippen LogP contribution in [0.25, 0.3) is 10.9 Å². The number of hydrogen-bond donors (Lipinski definition) is 3. The second-order valence-electron chi connectivity index (χ2n) is 9.65. The monoisotopic (exact) mass is 448 g/mol. The molecule has 0 radical (unpaired) electrons. The van der Waals surface area contributed by atoms with Gasteiger partial charge in [0.05, 0.1) is 19.8 Å². The molecule has 0 aliphatic carbocycles. The van der Waals surface area contributed by atoms with Crippen molar-refractivity contribution >= 4 is 16.9 Å². The number of fused-ring (bicyclic) bond motifs is 4. The van der Waals surface area contributed by atoms with Gasteiger partial charge in [-0.1, -0.05) is 30.3 Å². The lowest BCUT2D eigenvalue weighted by atomic mass is 9.68. The summed E-state index contributed by atoms with van der Waals surface area (Å²) in [5, 5.41) is 14.6. The van der Waals surface area contributed by atoms with Gasteiger partial charge in [0.25, 0.3) is 0 Å². The second kappa shape index (κ2) is 8.39. The zero-order valence-corrected chi connectivity index (χ0v) is 19.5. The first kappa shape index (κ1) is 21.8. The average Bonchev–Trinajstić information content (AvgIpc) is 3.16. The topological polar surface area (TPSA) is 80.8 Å². The molecule has 0 saturated carbocycles. The van der Waals surface area contributed by atoms with E-state index >= 15 is 0 Å². The van der Waals surface area contributed by atoms with Gasteiger partial charge in [0.2, 0.25) is 0 Å². The van der Waals surface area contributed by atoms with Crippen LogP contribution in [0.5, 0.6) is 5.75 Å². The van der Waals surface area contributed by atoms with Crippen LogP contribution in [-0.2, 0) is 12.0 Å². The first-order valence-electron chi connectivity index (χ1n) is 11.6. The lowest BCUT2D eigenvalue weighted by Crippen LogP contribution is -2.69. The SMILES string of the molecule is COc1ccc2c3c([nH]c2c1)[C@@H](CO)N(Cc1ccccc1)CC31CN(C(=O)NC(C)C)C1. The number of aliphatic hydroxyl groups is 1. The summed E-state index contributed by atoms with van der Waals surface area (Å²) in [6.07, 6.45) is 0. The highest BCUT2D eigenvalue weighted by molar-refractivity contribution is 5.89. The highest BCUT2D eigenvalue weighted by Gasteiger charge is 2.54. The van der Waals surface area contributed by atoms with Crippen molar-refractivity contribution in [1.29, 1.82) is 0 Å². The van der Waals surface area contributed by atoms with E-state index in [9.17, 15) is 9.90 Å². The summed E-state index contributed by atoms with van der Waals surface area (Å²) in [7, 11) is 1.67. The Morgan fingerprint density at radius 2 is 1.97 bits per heavy atom. The zero-order valence-electron chi connectivity index (χ0n) is 19.5. The van der Waals surface area contributed by atoms with Crippen LogP contribution in [0.15, 0.2) is 48.5 Å². The molecule has 3 heterocycles. The van der Waals surface area contributed by atoms with Crippen LogP contribution in [0.2, 0.25) is 0 Å². The maximum Gasteiger partial charge on any atom is 0.317 e. The van der Waals surface area contributed by atoms with E-state index in [0.717, 1.165) is 35.4 Å². The summed E-state index contributed by atoms with van der Waals surface area (Å²) in [5.41, 5.74) is 4.31. The van der Waals surface area contributed by atoms with Crippen molar-refractivity contribution in [2.75, 3.05) is 33.4 Å². The molecule has 33 heavy (non-hydrogen) atoms. The average molecular weight is 449 g/mol. The molecular formula is C26H32N4O3. The Hall–Kier alpha value is -3.03. The maximum atomic E-state index is 12.7. The van der Waals surface area contributed by atoms with Gasteiger partial charge in [-0.3, -0.25) is 4.90 Å². The van der Waals surface area contributed by atoms with E-state index in [-0.39, 0.29) is 30.1 Å². The van der Waals surface area contributed by atoms with Gasteiger partial charge in [-0.05, 0) is 37.1 Å². The summed E-state index contributed by atoms with van der Waals surface area (Å²) in [6.45, 7) is 6.81. The molecule has 2 aromatic carbocycles. The highest BCUT2D eigenvalue weighted by Crippen LogP contribution is 2.48. The lowest BCUT2D eigenvalue weighted by molar-refractivity contribution is 0.00952. The molecule has 7 heteroatoms. The predicted molar refractivity (Wildman–Crippen MR) is 128 cm³/mol. The number of carbonyl (C=O) groups is 1. The predicted octanol–water partition coefficient (Wildman–Crippen LogP) is 3.40. The van der Waals surface area contributed by atoms with Crippen molar-refractivity contribution in [3.63, 3.8) is 0 Å². The maximum absolute atomic E-state index is 12.7. The van der Waals surface area contributed by atoms with Crippen molar-refractivity contribution in [3.05, 3.63) is 65.4 Å². The third-order valence-corrected chi connectivity index (χ3v) is 6.93. The van der Waals surface area contributed by atoms with E-state index in [4.69, 9.17) is 4.74 Å². The zero-order chi connectivity index (χ0) is 23.2. The molecule has 1 saturated heterocycles. The Labute approximate surface area is 194 Å². The van der Waals surface area contributed by atoms with Crippen LogP contribution in [0.3, 0.4) is 0 Å². The van der Waals surface area contributed by atoms with E-state index in [0.29, 0.717) is 13.1 Å². The Kier molecular flexibility index (Phi) is 5.54. The number of aromatic nitrogens is 1. The number of rotatable bonds is 5. The Bertz CT molecular complexity index is 1150. The van der Waals surface area contributed by atoms with Crippen LogP contribution in [0.1, 0.15) is 36.7 Å². The van der Waals surface area contributed by atoms with Crippen LogP contribution >= 0.6 is 0 Å². The largest absolute Gasteiger partial charge is 0.497 e. The molecule has 5 rings (SSSR count). The number of H-pyrrole nitrogens is 1. The first-order valence-corrected chi connectivity index (χ1v) is 11.6. The fraction of sp³-hybridized carbons (Fsp3) is 0.423. The minimum absolute atomic E-state index is 0.0161. The van der Waals surface area contributed by atoms with E-state index in [1.54, 1.807) is 7.11 Å². The summed E-state index contributed by atoms with van der Waals surface area (Å²) >= 11 is 0. The Balaban J connectivity index is 1.56. The molecule has 0 bridgehead atoms. The quantitative estimate of drug-likeness (QED) is 0.559. The van der Waals surface area contributed by atoms with Crippen molar-refractivity contribution in [1.82, 2.24) is 20.1 Å². The number of aliphatic hydroxyl groups excluding tert-OH is 1. The fourth-order valence-electron chi connectivity index (χ4n) is 5.52. The van der Waals surface area contributed by atoms with E-state index in [1.807, 2.05) is 49.1 Å². The van der Waals surface area contributed by atoms with Crippen molar-refractivity contribution in [3.8, 4) is 5.75 Å². The van der Waals surface area contributed by atoms with Crippen molar-refractivity contribution < 1.29 is 14.6 Å². The molecule has 2 aliphatic heterocycles. The van der Waals surface area contributed by atoms with Gasteiger partial charge in [-0.15, -0.1) is 0 Å². The van der Waals surface area contributed by atoms with Gasteiger partial charge in [-0.25, -0.2) is 4.79 Å². The molecular weight excluding hydrogens is 416 g/mol. The van der Waals surface area contributed by atoms with Crippen LogP contribution in [0.4, 0.5) is 4.79 Å². The normalized spacial score (nSPS) is 19.5. The molecule has 3 aromatic rings. The molecule has 0 unspecified atom stereocenters. The molecule has 2 aliphatic rings. The minimum Gasteiger partial charge on any atom is -0.497 e. The van der Waals surface area contributed by atoms with Gasteiger partial charge in [0.15, 0.2) is 0 Å². The number of methoxy groups -OCH3 is 1. The number of hydrogen-bond acceptors (Lipinski definition) is 4. The molecule has 2 amide bonds. The smallest absolute Gasteiger partial charge is 0.317 e. The van der Waals surface area contributed by atoms with Gasteiger partial charge < -0.3 is 25.0 Å². The van der Waals surface area contributed by atoms with Crippen LogP contribution < -0.4 is 10.1 Å². The molecule has 7 nitrogen and oxygen atoms in total. The molecule has 1 spiro atoms.